The Balaban J connectivity index is 2.04. The highest BCUT2D eigenvalue weighted by Crippen LogP contribution is 2.41. The van der Waals surface area contributed by atoms with Crippen molar-refractivity contribution in [3.8, 4) is 0 Å². The zero-order chi connectivity index (χ0) is 28.7. The van der Waals surface area contributed by atoms with Gasteiger partial charge in [-0.25, -0.2) is 4.79 Å². The monoisotopic (exact) mass is 535 g/mol. The number of alkyl carbamates (subject to hydrolysis) is 1. The summed E-state index contributed by atoms with van der Waals surface area (Å²) in [5.74, 6) is -0.227. The van der Waals surface area contributed by atoms with E-state index in [2.05, 4.69) is 30.5 Å². The van der Waals surface area contributed by atoms with Gasteiger partial charge in [0.15, 0.2) is 0 Å². The topological polar surface area (TPSA) is 87.7 Å². The second-order valence-electron chi connectivity index (χ2n) is 11.9. The van der Waals surface area contributed by atoms with Gasteiger partial charge in [-0.3, -0.25) is 9.59 Å². The molecular formula is C32H45N3O4. The van der Waals surface area contributed by atoms with Crippen LogP contribution in [0.5, 0.6) is 0 Å². The molecule has 4 atom stereocenters. The number of nitrogens with one attached hydrogen (secondary N) is 2. The number of nitrogens with zero attached hydrogens (tertiary/aromatic N) is 1. The molecule has 2 N–H and O–H groups in total. The van der Waals surface area contributed by atoms with Crippen molar-refractivity contribution in [2.75, 3.05) is 6.54 Å². The average molecular weight is 536 g/mol. The van der Waals surface area contributed by atoms with E-state index in [9.17, 15) is 14.4 Å². The summed E-state index contributed by atoms with van der Waals surface area (Å²) in [7, 11) is 0. The fourth-order valence-electron chi connectivity index (χ4n) is 4.94. The molecule has 1 aliphatic carbocycles. The first-order valence-electron chi connectivity index (χ1n) is 14.1. The Hall–Kier alpha value is -3.35. The quantitative estimate of drug-likeness (QED) is 0.365. The lowest BCUT2D eigenvalue weighted by Gasteiger charge is -2.35. The Morgan fingerprint density at radius 1 is 1.05 bits per heavy atom. The molecule has 3 rings (SSSR count). The molecule has 1 aliphatic rings. The highest BCUT2D eigenvalue weighted by atomic mass is 16.6. The number of unbranched alkanes of at least 4 members (excludes halogenated alkanes) is 1. The maximum Gasteiger partial charge on any atom is 0.408 e. The van der Waals surface area contributed by atoms with E-state index < -0.39 is 23.8 Å². The molecule has 0 aliphatic heterocycles. The van der Waals surface area contributed by atoms with Gasteiger partial charge in [-0.15, -0.1) is 0 Å². The molecule has 0 heterocycles. The van der Waals surface area contributed by atoms with Crippen LogP contribution in [0.2, 0.25) is 0 Å². The average Bonchev–Trinajstić information content (AvgIpc) is 3.56. The van der Waals surface area contributed by atoms with Gasteiger partial charge in [-0.2, -0.15) is 0 Å². The van der Waals surface area contributed by atoms with Gasteiger partial charge in [-0.05, 0) is 64.5 Å². The minimum Gasteiger partial charge on any atom is -0.444 e. The van der Waals surface area contributed by atoms with Crippen LogP contribution in [0.4, 0.5) is 4.79 Å². The predicted molar refractivity (Wildman–Crippen MR) is 154 cm³/mol. The maximum atomic E-state index is 14.5. The number of ether oxygens (including phenoxy) is 1. The molecule has 1 saturated carbocycles. The first-order valence-corrected chi connectivity index (χ1v) is 14.1. The van der Waals surface area contributed by atoms with Crippen LogP contribution in [0.3, 0.4) is 0 Å². The highest BCUT2D eigenvalue weighted by molar-refractivity contribution is 5.93. The number of carbonyl (C=O) groups is 3. The predicted octanol–water partition coefficient (Wildman–Crippen LogP) is 5.63. The van der Waals surface area contributed by atoms with E-state index in [1.54, 1.807) is 25.7 Å². The number of hydrogen-bond acceptors (Lipinski definition) is 4. The molecule has 7 nitrogen and oxygen atoms in total. The van der Waals surface area contributed by atoms with E-state index in [0.717, 1.165) is 41.5 Å². The van der Waals surface area contributed by atoms with Crippen LogP contribution in [0.25, 0.3) is 0 Å². The third-order valence-electron chi connectivity index (χ3n) is 6.87. The molecule has 2 aromatic rings. The van der Waals surface area contributed by atoms with E-state index in [0.29, 0.717) is 6.54 Å². The Morgan fingerprint density at radius 3 is 2.21 bits per heavy atom. The van der Waals surface area contributed by atoms with Crippen LogP contribution in [0.1, 0.15) is 82.2 Å². The summed E-state index contributed by atoms with van der Waals surface area (Å²) < 4.78 is 5.52. The third kappa shape index (κ3) is 8.84. The van der Waals surface area contributed by atoms with E-state index in [4.69, 9.17) is 4.74 Å². The normalized spacial score (nSPS) is 18.0. The van der Waals surface area contributed by atoms with Crippen LogP contribution in [-0.2, 0) is 20.7 Å². The minimum absolute atomic E-state index is 0.0982. The Kier molecular flexibility index (Phi) is 10.2. The Morgan fingerprint density at radius 2 is 1.67 bits per heavy atom. The molecule has 3 amide bonds. The van der Waals surface area contributed by atoms with Crippen molar-refractivity contribution in [1.29, 1.82) is 0 Å². The van der Waals surface area contributed by atoms with Crippen LogP contribution in [0, 0.1) is 19.8 Å². The van der Waals surface area contributed by atoms with E-state index in [-0.39, 0.29) is 30.2 Å². The van der Waals surface area contributed by atoms with Gasteiger partial charge >= 0.3 is 6.09 Å². The second-order valence-corrected chi connectivity index (χ2v) is 11.9. The molecule has 212 valence electrons. The van der Waals surface area contributed by atoms with Gasteiger partial charge in [0.2, 0.25) is 11.8 Å². The smallest absolute Gasteiger partial charge is 0.408 e. The number of hydrogen-bond donors (Lipinski definition) is 2. The lowest BCUT2D eigenvalue weighted by atomic mass is 9.97. The molecule has 0 aromatic heterocycles. The standard InChI is InChI=1S/C32H45N3O4/c1-8-9-15-33-29(36)28(25-17-21(2)16-22(3)18-25)35(27-19-23(27)4)30(37)26(20-24-13-11-10-12-14-24)34-31(38)39-32(5,6)7/h10-14,16-18,23,26-28H,8-9,15,19-20H2,1-7H3,(H,33,36)(H,34,38). The van der Waals surface area contributed by atoms with Crippen LogP contribution in [-0.4, -0.2) is 47.0 Å². The van der Waals surface area contributed by atoms with E-state index >= 15 is 0 Å². The lowest BCUT2D eigenvalue weighted by molar-refractivity contribution is -0.143. The fraction of sp³-hybridized carbons (Fsp3) is 0.531. The van der Waals surface area contributed by atoms with Crippen molar-refractivity contribution in [3.63, 3.8) is 0 Å². The van der Waals surface area contributed by atoms with Crippen LogP contribution in [0.15, 0.2) is 48.5 Å². The first-order chi connectivity index (χ1) is 18.4. The molecule has 1 fully saturated rings. The van der Waals surface area contributed by atoms with Crippen LogP contribution < -0.4 is 10.6 Å². The van der Waals surface area contributed by atoms with Gasteiger partial charge in [0.1, 0.15) is 17.7 Å². The van der Waals surface area contributed by atoms with Gasteiger partial charge in [-0.1, -0.05) is 79.9 Å². The molecule has 2 aromatic carbocycles. The first kappa shape index (κ1) is 30.2. The largest absolute Gasteiger partial charge is 0.444 e. The lowest BCUT2D eigenvalue weighted by Crippen LogP contribution is -2.54. The van der Waals surface area contributed by atoms with Crippen molar-refractivity contribution in [2.45, 2.75) is 97.9 Å². The zero-order valence-electron chi connectivity index (χ0n) is 24.5. The number of carbonyl (C=O) groups excluding carboxylic acids is 3. The Bertz CT molecular complexity index is 1120. The summed E-state index contributed by atoms with van der Waals surface area (Å²) in [6, 6.07) is 13.8. The summed E-state index contributed by atoms with van der Waals surface area (Å²) in [6.45, 7) is 14.1. The van der Waals surface area contributed by atoms with Crippen molar-refractivity contribution in [2.24, 2.45) is 5.92 Å². The maximum absolute atomic E-state index is 14.5. The number of amides is 3. The summed E-state index contributed by atoms with van der Waals surface area (Å²) in [6.07, 6.45) is 2.25. The SMILES string of the molecule is CCCCNC(=O)C(c1cc(C)cc(C)c1)N(C(=O)C(Cc1ccccc1)NC(=O)OC(C)(C)C)C1CC1C. The fourth-order valence-corrected chi connectivity index (χ4v) is 4.94. The Labute approximate surface area is 233 Å². The van der Waals surface area contributed by atoms with Crippen LogP contribution >= 0.6 is 0 Å². The third-order valence-corrected chi connectivity index (χ3v) is 6.87. The highest BCUT2D eigenvalue weighted by Gasteiger charge is 2.48. The summed E-state index contributed by atoms with van der Waals surface area (Å²) in [4.78, 5) is 42.9. The number of aryl methyl sites for hydroxylation is 2. The molecular weight excluding hydrogens is 490 g/mol. The molecule has 0 spiro atoms. The summed E-state index contributed by atoms with van der Waals surface area (Å²) in [5.41, 5.74) is 3.03. The van der Waals surface area contributed by atoms with Crippen molar-refractivity contribution < 1.29 is 19.1 Å². The van der Waals surface area contributed by atoms with Gasteiger partial charge < -0.3 is 20.3 Å². The number of rotatable bonds is 11. The molecule has 0 bridgehead atoms. The molecule has 39 heavy (non-hydrogen) atoms. The van der Waals surface area contributed by atoms with E-state index in [1.165, 1.54) is 0 Å². The minimum atomic E-state index is -0.896. The van der Waals surface area contributed by atoms with Gasteiger partial charge in [0.25, 0.3) is 0 Å². The van der Waals surface area contributed by atoms with Gasteiger partial charge in [0, 0.05) is 19.0 Å². The summed E-state index contributed by atoms with van der Waals surface area (Å²) in [5, 5.41) is 5.91. The van der Waals surface area contributed by atoms with Crippen molar-refractivity contribution >= 4 is 17.9 Å². The van der Waals surface area contributed by atoms with Crippen molar-refractivity contribution in [3.05, 3.63) is 70.8 Å². The molecule has 0 radical (unpaired) electrons. The molecule has 0 saturated heterocycles. The molecule has 7 heteroatoms. The van der Waals surface area contributed by atoms with E-state index in [1.807, 2.05) is 56.3 Å². The zero-order valence-corrected chi connectivity index (χ0v) is 24.5. The number of benzene rings is 2. The second kappa shape index (κ2) is 13.1. The summed E-state index contributed by atoms with van der Waals surface area (Å²) >= 11 is 0. The van der Waals surface area contributed by atoms with Crippen molar-refractivity contribution in [1.82, 2.24) is 15.5 Å². The molecule has 4 unspecified atom stereocenters. The van der Waals surface area contributed by atoms with Gasteiger partial charge in [0.05, 0.1) is 0 Å².